The molecule has 0 saturated heterocycles. The van der Waals surface area contributed by atoms with E-state index in [1.807, 2.05) is 0 Å². The Morgan fingerprint density at radius 3 is 2.40 bits per heavy atom. The van der Waals surface area contributed by atoms with Gasteiger partial charge >= 0.3 is 5.97 Å². The molecule has 0 fully saturated rings. The average Bonchev–Trinajstić information content (AvgIpc) is 2.83. The number of hydrogen-bond acceptors (Lipinski definition) is 9. The fourth-order valence-corrected chi connectivity index (χ4v) is 3.98. The van der Waals surface area contributed by atoms with Gasteiger partial charge in [-0.2, -0.15) is 4.98 Å². The number of anilines is 3. The van der Waals surface area contributed by atoms with Crippen molar-refractivity contribution in [3.63, 3.8) is 0 Å². The highest BCUT2D eigenvalue weighted by Crippen LogP contribution is 2.18. The monoisotopic (exact) mass is 503 g/mol. The fourth-order valence-electron chi connectivity index (χ4n) is 2.95. The first-order valence-corrected chi connectivity index (χ1v) is 12.1. The third-order valence-corrected chi connectivity index (χ3v) is 6.13. The number of ether oxygens (including phenoxy) is 2. The van der Waals surface area contributed by atoms with Crippen molar-refractivity contribution in [1.29, 1.82) is 0 Å². The van der Waals surface area contributed by atoms with Gasteiger partial charge in [-0.25, -0.2) is 27.3 Å². The number of rotatable bonds is 11. The molecule has 35 heavy (non-hydrogen) atoms. The lowest BCUT2D eigenvalue weighted by Gasteiger charge is -2.13. The predicted molar refractivity (Wildman–Crippen MR) is 129 cm³/mol. The Morgan fingerprint density at radius 1 is 1.06 bits per heavy atom. The SMILES string of the molecule is COC(=O)[C@@H](C)Oc1ccc(S(=O)(=O)NCCNc2nc(C)cc(Nc3ccc(F)cc3)n2)cc1. The minimum atomic E-state index is -3.76. The number of benzene rings is 2. The van der Waals surface area contributed by atoms with Crippen molar-refractivity contribution in [2.75, 3.05) is 30.8 Å². The Morgan fingerprint density at radius 2 is 1.74 bits per heavy atom. The van der Waals surface area contributed by atoms with Gasteiger partial charge in [0.2, 0.25) is 16.0 Å². The molecule has 0 amide bonds. The molecule has 0 aliphatic heterocycles. The standard InChI is InChI=1S/C23H26FN5O5S/c1-15-14-21(28-18-6-4-17(24)5-7-18)29-23(27-15)25-12-13-26-35(31,32)20-10-8-19(9-11-20)34-16(2)22(30)33-3/h4-11,14,16,26H,12-13H2,1-3H3,(H2,25,27,28,29)/t16-/m1/s1. The van der Waals surface area contributed by atoms with Gasteiger partial charge in [-0.1, -0.05) is 0 Å². The van der Waals surface area contributed by atoms with Gasteiger partial charge in [0.05, 0.1) is 12.0 Å². The number of carbonyl (C=O) groups excluding carboxylic acids is 1. The molecule has 0 spiro atoms. The number of esters is 1. The molecule has 12 heteroatoms. The first kappa shape index (κ1) is 25.8. The lowest BCUT2D eigenvalue weighted by atomic mass is 10.3. The van der Waals surface area contributed by atoms with Crippen molar-refractivity contribution in [1.82, 2.24) is 14.7 Å². The molecule has 3 rings (SSSR count). The van der Waals surface area contributed by atoms with Gasteiger partial charge in [-0.3, -0.25) is 0 Å². The van der Waals surface area contributed by atoms with Crippen molar-refractivity contribution in [2.45, 2.75) is 24.8 Å². The van der Waals surface area contributed by atoms with E-state index >= 15 is 0 Å². The number of halogens is 1. The second-order valence-corrected chi connectivity index (χ2v) is 9.20. The van der Waals surface area contributed by atoms with Crippen LogP contribution in [0.4, 0.5) is 21.8 Å². The molecule has 1 heterocycles. The molecule has 0 bridgehead atoms. The Labute approximate surface area is 203 Å². The maximum Gasteiger partial charge on any atom is 0.346 e. The van der Waals surface area contributed by atoms with E-state index in [2.05, 4.69) is 30.1 Å². The van der Waals surface area contributed by atoms with Crippen molar-refractivity contribution >= 4 is 33.4 Å². The molecular weight excluding hydrogens is 477 g/mol. The summed E-state index contributed by atoms with van der Waals surface area (Å²) < 4.78 is 50.7. The van der Waals surface area contributed by atoms with Crippen molar-refractivity contribution in [3.05, 3.63) is 66.1 Å². The highest BCUT2D eigenvalue weighted by molar-refractivity contribution is 7.89. The molecule has 2 aromatic carbocycles. The average molecular weight is 504 g/mol. The molecule has 0 saturated carbocycles. The molecule has 3 aromatic rings. The second-order valence-electron chi connectivity index (χ2n) is 7.43. The summed E-state index contributed by atoms with van der Waals surface area (Å²) in [5, 5.41) is 6.05. The van der Waals surface area contributed by atoms with Gasteiger partial charge in [0, 0.05) is 30.5 Å². The van der Waals surface area contributed by atoms with Crippen LogP contribution in [0.2, 0.25) is 0 Å². The molecule has 0 unspecified atom stereocenters. The van der Waals surface area contributed by atoms with Crippen LogP contribution >= 0.6 is 0 Å². The van der Waals surface area contributed by atoms with Crippen LogP contribution in [-0.4, -0.2) is 50.7 Å². The molecule has 3 N–H and O–H groups in total. The van der Waals surface area contributed by atoms with Gasteiger partial charge in [0.15, 0.2) is 6.10 Å². The number of carbonyl (C=O) groups is 1. The van der Waals surface area contributed by atoms with Crippen molar-refractivity contribution in [2.24, 2.45) is 0 Å². The summed E-state index contributed by atoms with van der Waals surface area (Å²) in [5.41, 5.74) is 1.36. The number of nitrogens with one attached hydrogen (secondary N) is 3. The van der Waals surface area contributed by atoms with Gasteiger partial charge in [-0.15, -0.1) is 0 Å². The zero-order valence-corrected chi connectivity index (χ0v) is 20.2. The topological polar surface area (TPSA) is 132 Å². The molecule has 10 nitrogen and oxygen atoms in total. The first-order valence-electron chi connectivity index (χ1n) is 10.6. The number of nitrogens with zero attached hydrogens (tertiary/aromatic N) is 2. The third-order valence-electron chi connectivity index (χ3n) is 4.65. The van der Waals surface area contributed by atoms with E-state index in [4.69, 9.17) is 4.74 Å². The van der Waals surface area contributed by atoms with E-state index < -0.39 is 22.1 Å². The highest BCUT2D eigenvalue weighted by Gasteiger charge is 2.17. The minimum absolute atomic E-state index is 0.0492. The molecule has 0 aliphatic carbocycles. The van der Waals surface area contributed by atoms with E-state index in [0.717, 1.165) is 0 Å². The quantitative estimate of drug-likeness (QED) is 0.267. The van der Waals surface area contributed by atoms with E-state index in [1.54, 1.807) is 25.1 Å². The van der Waals surface area contributed by atoms with E-state index in [-0.39, 0.29) is 23.8 Å². The third kappa shape index (κ3) is 7.62. The van der Waals surface area contributed by atoms with Gasteiger partial charge in [0.25, 0.3) is 0 Å². The second kappa shape index (κ2) is 11.6. The summed E-state index contributed by atoms with van der Waals surface area (Å²) in [6.45, 7) is 3.64. The zero-order valence-electron chi connectivity index (χ0n) is 19.4. The van der Waals surface area contributed by atoms with E-state index in [0.29, 0.717) is 28.9 Å². The number of aromatic nitrogens is 2. The number of hydrogen-bond donors (Lipinski definition) is 3. The number of sulfonamides is 1. The van der Waals surface area contributed by atoms with Crippen LogP contribution < -0.4 is 20.1 Å². The van der Waals surface area contributed by atoms with Gasteiger partial charge in [-0.05, 0) is 62.4 Å². The predicted octanol–water partition coefficient (Wildman–Crippen LogP) is 3.00. The lowest BCUT2D eigenvalue weighted by Crippen LogP contribution is -2.29. The van der Waals surface area contributed by atoms with Crippen LogP contribution in [0.3, 0.4) is 0 Å². The molecule has 0 radical (unpaired) electrons. The maximum absolute atomic E-state index is 13.1. The summed E-state index contributed by atoms with van der Waals surface area (Å²) in [5.74, 6) is 0.291. The largest absolute Gasteiger partial charge is 0.479 e. The summed E-state index contributed by atoms with van der Waals surface area (Å²) in [6, 6.07) is 13.3. The van der Waals surface area contributed by atoms with Crippen LogP contribution in [0.5, 0.6) is 5.75 Å². The molecule has 1 aromatic heterocycles. The van der Waals surface area contributed by atoms with Gasteiger partial charge in [0.1, 0.15) is 17.4 Å². The molecular formula is C23H26FN5O5S. The minimum Gasteiger partial charge on any atom is -0.479 e. The Hall–Kier alpha value is -3.77. The summed E-state index contributed by atoms with van der Waals surface area (Å²) in [6.07, 6.45) is -0.818. The Bertz CT molecular complexity index is 1250. The van der Waals surface area contributed by atoms with Crippen LogP contribution in [-0.2, 0) is 19.6 Å². The highest BCUT2D eigenvalue weighted by atomic mass is 32.2. The summed E-state index contributed by atoms with van der Waals surface area (Å²) in [7, 11) is -2.51. The van der Waals surface area contributed by atoms with E-state index in [1.165, 1.54) is 50.4 Å². The van der Waals surface area contributed by atoms with Crippen LogP contribution in [0, 0.1) is 12.7 Å². The van der Waals surface area contributed by atoms with Crippen molar-refractivity contribution in [3.8, 4) is 5.75 Å². The normalized spacial score (nSPS) is 12.0. The van der Waals surface area contributed by atoms with Crippen LogP contribution in [0.15, 0.2) is 59.5 Å². The Balaban J connectivity index is 1.53. The summed E-state index contributed by atoms with van der Waals surface area (Å²) in [4.78, 5) is 20.1. The summed E-state index contributed by atoms with van der Waals surface area (Å²) >= 11 is 0. The van der Waals surface area contributed by atoms with E-state index in [9.17, 15) is 17.6 Å². The zero-order chi connectivity index (χ0) is 25.4. The first-order chi connectivity index (χ1) is 16.7. The number of aryl methyl sites for hydroxylation is 1. The fraction of sp³-hybridized carbons (Fsp3) is 0.261. The van der Waals surface area contributed by atoms with Crippen LogP contribution in [0.1, 0.15) is 12.6 Å². The maximum atomic E-state index is 13.1. The van der Waals surface area contributed by atoms with Crippen LogP contribution in [0.25, 0.3) is 0 Å². The Kier molecular flexibility index (Phi) is 8.55. The van der Waals surface area contributed by atoms with Crippen molar-refractivity contribution < 1.29 is 27.1 Å². The smallest absolute Gasteiger partial charge is 0.346 e. The van der Waals surface area contributed by atoms with Gasteiger partial charge < -0.3 is 20.1 Å². The molecule has 186 valence electrons. The molecule has 0 aliphatic rings. The molecule has 1 atom stereocenters. The number of methoxy groups -OCH3 is 1. The lowest BCUT2D eigenvalue weighted by molar-refractivity contribution is -0.147.